The molecule has 0 bridgehead atoms. The summed E-state index contributed by atoms with van der Waals surface area (Å²) in [6.45, 7) is 0. The van der Waals surface area contributed by atoms with Gasteiger partial charge in [-0.2, -0.15) is 0 Å². The molecule has 0 spiro atoms. The molecule has 2 aromatic rings. The first-order valence-electron chi connectivity index (χ1n) is 5.89. The first kappa shape index (κ1) is 12.9. The van der Waals surface area contributed by atoms with E-state index in [1.807, 2.05) is 42.5 Å². The van der Waals surface area contributed by atoms with Crippen LogP contribution in [0.3, 0.4) is 0 Å². The van der Waals surface area contributed by atoms with Crippen molar-refractivity contribution in [2.75, 3.05) is 0 Å². The zero-order chi connectivity index (χ0) is 13.4. The van der Waals surface area contributed by atoms with Crippen LogP contribution in [0, 0.1) is 0 Å². The number of hydrogen-bond donors (Lipinski definition) is 0. The molecule has 0 fully saturated rings. The Morgan fingerprint density at radius 1 is 1.05 bits per heavy atom. The standard InChI is InChI=1S/C15H10Br2O2/c16-11-6-5-9(7-12(11)17)15-8-13(18)10-3-1-2-4-14(10)19-15/h1-7,15H,8H2. The number of carbonyl (C=O) groups excluding carboxylic acids is 1. The number of fused-ring (bicyclic) bond motifs is 1. The Balaban J connectivity index is 1.96. The first-order chi connectivity index (χ1) is 9.15. The van der Waals surface area contributed by atoms with Gasteiger partial charge in [-0.3, -0.25) is 4.79 Å². The van der Waals surface area contributed by atoms with E-state index in [4.69, 9.17) is 4.74 Å². The zero-order valence-electron chi connectivity index (χ0n) is 9.90. The lowest BCUT2D eigenvalue weighted by Crippen LogP contribution is -2.20. The number of halogens is 2. The normalized spacial score (nSPS) is 17.8. The quantitative estimate of drug-likeness (QED) is 0.700. The van der Waals surface area contributed by atoms with E-state index in [1.165, 1.54) is 0 Å². The van der Waals surface area contributed by atoms with Gasteiger partial charge in [-0.1, -0.05) is 18.2 Å². The third-order valence-corrected chi connectivity index (χ3v) is 5.02. The van der Waals surface area contributed by atoms with E-state index in [0.29, 0.717) is 17.7 Å². The van der Waals surface area contributed by atoms with E-state index in [-0.39, 0.29) is 11.9 Å². The second kappa shape index (κ2) is 5.10. The highest BCUT2D eigenvalue weighted by molar-refractivity contribution is 9.13. The van der Waals surface area contributed by atoms with Gasteiger partial charge in [0.15, 0.2) is 5.78 Å². The molecule has 0 aromatic heterocycles. The molecule has 2 aromatic carbocycles. The fraction of sp³-hybridized carbons (Fsp3) is 0.133. The van der Waals surface area contributed by atoms with Crippen LogP contribution in [0.4, 0.5) is 0 Å². The molecule has 4 heteroatoms. The minimum Gasteiger partial charge on any atom is -0.484 e. The van der Waals surface area contributed by atoms with E-state index in [0.717, 1.165) is 14.5 Å². The molecule has 0 saturated heterocycles. The second-order valence-corrected chi connectivity index (χ2v) is 6.11. The van der Waals surface area contributed by atoms with Crippen LogP contribution in [0.5, 0.6) is 5.75 Å². The Morgan fingerprint density at radius 2 is 1.84 bits per heavy atom. The molecular weight excluding hydrogens is 372 g/mol. The summed E-state index contributed by atoms with van der Waals surface area (Å²) in [4.78, 5) is 12.1. The molecule has 1 heterocycles. The SMILES string of the molecule is O=C1CC(c2ccc(Br)c(Br)c2)Oc2ccccc21. The Kier molecular flexibility index (Phi) is 3.46. The maximum Gasteiger partial charge on any atom is 0.170 e. The van der Waals surface area contributed by atoms with Crippen molar-refractivity contribution in [3.05, 3.63) is 62.5 Å². The molecule has 0 saturated carbocycles. The summed E-state index contributed by atoms with van der Waals surface area (Å²) in [6, 6.07) is 13.3. The van der Waals surface area contributed by atoms with Crippen LogP contribution in [-0.4, -0.2) is 5.78 Å². The van der Waals surface area contributed by atoms with Gasteiger partial charge in [0.25, 0.3) is 0 Å². The molecular formula is C15H10Br2O2. The van der Waals surface area contributed by atoms with Crippen molar-refractivity contribution >= 4 is 37.6 Å². The van der Waals surface area contributed by atoms with Gasteiger partial charge in [-0.05, 0) is 61.7 Å². The van der Waals surface area contributed by atoms with Crippen LogP contribution in [0.2, 0.25) is 0 Å². The molecule has 19 heavy (non-hydrogen) atoms. The summed E-state index contributed by atoms with van der Waals surface area (Å²) in [7, 11) is 0. The largest absolute Gasteiger partial charge is 0.484 e. The van der Waals surface area contributed by atoms with Gasteiger partial charge < -0.3 is 4.74 Å². The molecule has 0 aliphatic carbocycles. The minimum absolute atomic E-state index is 0.130. The lowest BCUT2D eigenvalue weighted by molar-refractivity contribution is 0.0850. The third-order valence-electron chi connectivity index (χ3n) is 3.14. The molecule has 0 radical (unpaired) electrons. The van der Waals surface area contributed by atoms with Crippen molar-refractivity contribution in [3.63, 3.8) is 0 Å². The molecule has 3 rings (SSSR count). The Labute approximate surface area is 128 Å². The number of ketones is 1. The maximum absolute atomic E-state index is 12.1. The number of ether oxygens (including phenoxy) is 1. The number of Topliss-reactive ketones (excluding diaryl/α,β-unsaturated/α-hetero) is 1. The van der Waals surface area contributed by atoms with Crippen LogP contribution in [0.25, 0.3) is 0 Å². The van der Waals surface area contributed by atoms with E-state index >= 15 is 0 Å². The van der Waals surface area contributed by atoms with E-state index in [9.17, 15) is 4.79 Å². The van der Waals surface area contributed by atoms with Gasteiger partial charge in [0.05, 0.1) is 12.0 Å². The number of carbonyl (C=O) groups is 1. The number of benzene rings is 2. The lowest BCUT2D eigenvalue weighted by atomic mass is 9.96. The Bertz CT molecular complexity index is 652. The molecule has 1 unspecified atom stereocenters. The smallest absolute Gasteiger partial charge is 0.170 e. The van der Waals surface area contributed by atoms with Crippen molar-refractivity contribution in [1.82, 2.24) is 0 Å². The highest BCUT2D eigenvalue weighted by atomic mass is 79.9. The van der Waals surface area contributed by atoms with Crippen molar-refractivity contribution in [2.45, 2.75) is 12.5 Å². The molecule has 0 N–H and O–H groups in total. The fourth-order valence-corrected chi connectivity index (χ4v) is 2.81. The highest BCUT2D eigenvalue weighted by Gasteiger charge is 2.27. The molecule has 0 amide bonds. The average Bonchev–Trinajstić information content (AvgIpc) is 2.42. The summed E-state index contributed by atoms with van der Waals surface area (Å²) in [5, 5.41) is 0. The second-order valence-electron chi connectivity index (χ2n) is 4.40. The number of hydrogen-bond acceptors (Lipinski definition) is 2. The van der Waals surface area contributed by atoms with Gasteiger partial charge >= 0.3 is 0 Å². The number of rotatable bonds is 1. The third kappa shape index (κ3) is 2.47. The zero-order valence-corrected chi connectivity index (χ0v) is 13.1. The monoisotopic (exact) mass is 380 g/mol. The van der Waals surface area contributed by atoms with E-state index < -0.39 is 0 Å². The summed E-state index contributed by atoms with van der Waals surface area (Å²) in [5.41, 5.74) is 1.67. The lowest BCUT2D eigenvalue weighted by Gasteiger charge is -2.25. The molecule has 1 aliphatic heterocycles. The molecule has 96 valence electrons. The van der Waals surface area contributed by atoms with Crippen LogP contribution in [0.15, 0.2) is 51.4 Å². The highest BCUT2D eigenvalue weighted by Crippen LogP contribution is 2.36. The fourth-order valence-electron chi connectivity index (χ4n) is 2.17. The summed E-state index contributed by atoms with van der Waals surface area (Å²) >= 11 is 6.91. The van der Waals surface area contributed by atoms with Crippen molar-refractivity contribution in [3.8, 4) is 5.75 Å². The van der Waals surface area contributed by atoms with Gasteiger partial charge in [0.2, 0.25) is 0 Å². The van der Waals surface area contributed by atoms with Gasteiger partial charge in [0.1, 0.15) is 11.9 Å². The molecule has 1 atom stereocenters. The minimum atomic E-state index is -0.216. The number of para-hydroxylation sites is 1. The van der Waals surface area contributed by atoms with Crippen LogP contribution in [-0.2, 0) is 0 Å². The topological polar surface area (TPSA) is 26.3 Å². The molecule has 1 aliphatic rings. The predicted molar refractivity (Wildman–Crippen MR) is 80.6 cm³/mol. The van der Waals surface area contributed by atoms with Crippen LogP contribution < -0.4 is 4.74 Å². The summed E-state index contributed by atoms with van der Waals surface area (Å²) < 4.78 is 7.87. The molecule has 2 nitrogen and oxygen atoms in total. The van der Waals surface area contributed by atoms with Crippen LogP contribution in [0.1, 0.15) is 28.4 Å². The van der Waals surface area contributed by atoms with Gasteiger partial charge in [0, 0.05) is 8.95 Å². The average molecular weight is 382 g/mol. The summed E-state index contributed by atoms with van der Waals surface area (Å²) in [5.74, 6) is 0.800. The van der Waals surface area contributed by atoms with E-state index in [1.54, 1.807) is 0 Å². The van der Waals surface area contributed by atoms with E-state index in [2.05, 4.69) is 31.9 Å². The first-order valence-corrected chi connectivity index (χ1v) is 7.47. The van der Waals surface area contributed by atoms with Gasteiger partial charge in [-0.15, -0.1) is 0 Å². The van der Waals surface area contributed by atoms with Crippen LogP contribution >= 0.6 is 31.9 Å². The van der Waals surface area contributed by atoms with Gasteiger partial charge in [-0.25, -0.2) is 0 Å². The van der Waals surface area contributed by atoms with Crippen molar-refractivity contribution in [1.29, 1.82) is 0 Å². The predicted octanol–water partition coefficient (Wildman–Crippen LogP) is 4.92. The maximum atomic E-state index is 12.1. The van der Waals surface area contributed by atoms with Crippen molar-refractivity contribution < 1.29 is 9.53 Å². The Hall–Kier alpha value is -1.13. The summed E-state index contributed by atoms with van der Waals surface area (Å²) in [6.07, 6.45) is 0.164. The Morgan fingerprint density at radius 3 is 2.63 bits per heavy atom. The van der Waals surface area contributed by atoms with Crippen molar-refractivity contribution in [2.24, 2.45) is 0 Å².